The molecule has 0 saturated heterocycles. The summed E-state index contributed by atoms with van der Waals surface area (Å²) in [4.78, 5) is 0. The highest BCUT2D eigenvalue weighted by atomic mass is 79.9. The maximum absolute atomic E-state index is 9.70. The van der Waals surface area contributed by atoms with Gasteiger partial charge in [0.05, 0.1) is 6.10 Å². The van der Waals surface area contributed by atoms with E-state index in [9.17, 15) is 5.11 Å². The minimum absolute atomic E-state index is 0.172. The third kappa shape index (κ3) is 3.82. The van der Waals surface area contributed by atoms with Gasteiger partial charge in [-0.3, -0.25) is 0 Å². The van der Waals surface area contributed by atoms with Gasteiger partial charge in [0.15, 0.2) is 0 Å². The fourth-order valence-electron chi connectivity index (χ4n) is 2.33. The molecule has 0 aromatic heterocycles. The monoisotopic (exact) mass is 298 g/mol. The van der Waals surface area contributed by atoms with Gasteiger partial charge in [-0.25, -0.2) is 0 Å². The Morgan fingerprint density at radius 2 is 2.35 bits per heavy atom. The fourth-order valence-corrected chi connectivity index (χ4v) is 2.84. The van der Waals surface area contributed by atoms with E-state index < -0.39 is 0 Å². The van der Waals surface area contributed by atoms with Gasteiger partial charge >= 0.3 is 0 Å². The molecule has 0 radical (unpaired) electrons. The van der Waals surface area contributed by atoms with E-state index in [2.05, 4.69) is 54.6 Å². The van der Waals surface area contributed by atoms with Gasteiger partial charge in [-0.05, 0) is 36.7 Å². The average molecular weight is 299 g/mol. The Labute approximate surface area is 113 Å². The highest BCUT2D eigenvalue weighted by Crippen LogP contribution is 2.41. The number of halogens is 1. The van der Waals surface area contributed by atoms with Crippen LogP contribution in [0.3, 0.4) is 0 Å². The first-order valence-corrected chi connectivity index (χ1v) is 7.26. The molecule has 0 bridgehead atoms. The molecule has 96 valence electrons. The second-order valence-electron chi connectivity index (χ2n) is 5.49. The zero-order valence-electron chi connectivity index (χ0n) is 11.0. The fraction of sp³-hybridized carbons (Fsp3) is 0.600. The Morgan fingerprint density at radius 1 is 1.71 bits per heavy atom. The van der Waals surface area contributed by atoms with Crippen LogP contribution < -0.4 is 0 Å². The zero-order valence-corrected chi connectivity index (χ0v) is 12.6. The molecular weight excluding hydrogens is 276 g/mol. The molecule has 0 aliphatic heterocycles. The summed E-state index contributed by atoms with van der Waals surface area (Å²) in [6.07, 6.45) is 8.24. The summed E-state index contributed by atoms with van der Waals surface area (Å²) in [5.74, 6) is 0.477. The lowest BCUT2D eigenvalue weighted by atomic mass is 9.69. The largest absolute Gasteiger partial charge is 0.388 e. The van der Waals surface area contributed by atoms with Crippen LogP contribution >= 0.6 is 15.9 Å². The number of aliphatic hydroxyl groups excluding tert-OH is 1. The second-order valence-corrected chi connectivity index (χ2v) is 6.14. The van der Waals surface area contributed by atoms with Crippen LogP contribution in [0.15, 0.2) is 36.0 Å². The van der Waals surface area contributed by atoms with Gasteiger partial charge in [-0.1, -0.05) is 60.2 Å². The first-order valence-electron chi connectivity index (χ1n) is 6.14. The van der Waals surface area contributed by atoms with Gasteiger partial charge in [0.1, 0.15) is 0 Å². The summed E-state index contributed by atoms with van der Waals surface area (Å²) in [5, 5.41) is 10.3. The molecule has 1 rings (SSSR count). The molecule has 0 fully saturated rings. The summed E-state index contributed by atoms with van der Waals surface area (Å²) >= 11 is 3.30. The minimum Gasteiger partial charge on any atom is -0.388 e. The van der Waals surface area contributed by atoms with Crippen molar-refractivity contribution in [3.63, 3.8) is 0 Å². The Balaban J connectivity index is 2.74. The number of hydrogen-bond donors (Lipinski definition) is 1. The number of rotatable bonds is 4. The quantitative estimate of drug-likeness (QED) is 0.608. The Hall–Kier alpha value is -0.340. The molecule has 0 amide bonds. The van der Waals surface area contributed by atoms with Gasteiger partial charge in [-0.2, -0.15) is 0 Å². The summed E-state index contributed by atoms with van der Waals surface area (Å²) in [6.45, 7) is 10.7. The average Bonchev–Trinajstić information content (AvgIpc) is 2.26. The molecular formula is C15H23BrO. The summed E-state index contributed by atoms with van der Waals surface area (Å²) in [5.41, 5.74) is 2.51. The third-order valence-electron chi connectivity index (χ3n) is 3.67. The van der Waals surface area contributed by atoms with Crippen LogP contribution in [0.2, 0.25) is 0 Å². The molecule has 1 unspecified atom stereocenters. The standard InChI is InChI=1S/C15H23BrO/c1-11-6-5-9-15(3,4)13(11)8-7-12(2)14(17)10-16/h5,7,9,13-14,17H,1,6,8,10H2,2-4H3/b12-7+/t13-,14?/m0/s1. The molecule has 1 aliphatic rings. The topological polar surface area (TPSA) is 20.2 Å². The van der Waals surface area contributed by atoms with E-state index in [1.807, 2.05) is 6.92 Å². The normalized spacial score (nSPS) is 26.1. The van der Waals surface area contributed by atoms with E-state index in [-0.39, 0.29) is 11.5 Å². The molecule has 2 atom stereocenters. The highest BCUT2D eigenvalue weighted by molar-refractivity contribution is 9.09. The lowest BCUT2D eigenvalue weighted by Crippen LogP contribution is -2.25. The van der Waals surface area contributed by atoms with Crippen molar-refractivity contribution < 1.29 is 5.11 Å². The van der Waals surface area contributed by atoms with E-state index in [1.54, 1.807) is 0 Å². The molecule has 0 spiro atoms. The Bertz CT molecular complexity index is 339. The van der Waals surface area contributed by atoms with Gasteiger partial charge in [0.2, 0.25) is 0 Å². The zero-order chi connectivity index (χ0) is 13.1. The van der Waals surface area contributed by atoms with E-state index in [0.717, 1.165) is 18.4 Å². The molecule has 0 aromatic carbocycles. The van der Waals surface area contributed by atoms with Crippen molar-refractivity contribution in [2.24, 2.45) is 11.3 Å². The lowest BCUT2D eigenvalue weighted by Gasteiger charge is -2.36. The maximum Gasteiger partial charge on any atom is 0.0844 e. The summed E-state index contributed by atoms with van der Waals surface area (Å²) < 4.78 is 0. The van der Waals surface area contributed by atoms with Gasteiger partial charge < -0.3 is 5.11 Å². The first-order chi connectivity index (χ1) is 7.88. The van der Waals surface area contributed by atoms with Gasteiger partial charge in [0.25, 0.3) is 0 Å². The molecule has 17 heavy (non-hydrogen) atoms. The highest BCUT2D eigenvalue weighted by Gasteiger charge is 2.30. The predicted molar refractivity (Wildman–Crippen MR) is 78.3 cm³/mol. The van der Waals surface area contributed by atoms with Crippen molar-refractivity contribution in [1.29, 1.82) is 0 Å². The number of alkyl halides is 1. The molecule has 2 heteroatoms. The van der Waals surface area contributed by atoms with Crippen LogP contribution in [-0.2, 0) is 0 Å². The molecule has 1 nitrogen and oxygen atoms in total. The maximum atomic E-state index is 9.70. The summed E-state index contributed by atoms with van der Waals surface area (Å²) in [6, 6.07) is 0. The van der Waals surface area contributed by atoms with Crippen LogP contribution in [0.25, 0.3) is 0 Å². The molecule has 1 N–H and O–H groups in total. The van der Waals surface area contributed by atoms with Crippen LogP contribution in [0.1, 0.15) is 33.6 Å². The molecule has 1 aliphatic carbocycles. The number of aliphatic hydroxyl groups is 1. The smallest absolute Gasteiger partial charge is 0.0844 e. The van der Waals surface area contributed by atoms with Crippen molar-refractivity contribution >= 4 is 15.9 Å². The van der Waals surface area contributed by atoms with Crippen molar-refractivity contribution in [1.82, 2.24) is 0 Å². The molecule has 0 heterocycles. The summed E-state index contributed by atoms with van der Waals surface area (Å²) in [7, 11) is 0. The van der Waals surface area contributed by atoms with Crippen LogP contribution in [0.5, 0.6) is 0 Å². The molecule has 0 saturated carbocycles. The van der Waals surface area contributed by atoms with Crippen LogP contribution in [0.4, 0.5) is 0 Å². The van der Waals surface area contributed by atoms with Crippen molar-refractivity contribution in [2.75, 3.05) is 5.33 Å². The number of allylic oxidation sites excluding steroid dienone is 4. The van der Waals surface area contributed by atoms with Crippen molar-refractivity contribution in [2.45, 2.75) is 39.7 Å². The van der Waals surface area contributed by atoms with Gasteiger partial charge in [-0.15, -0.1) is 0 Å². The SMILES string of the molecule is C=C1CC=CC(C)(C)[C@H]1C/C=C(\C)C(O)CBr. The van der Waals surface area contributed by atoms with E-state index in [1.165, 1.54) is 5.57 Å². The second kappa shape index (κ2) is 6.01. The van der Waals surface area contributed by atoms with Crippen molar-refractivity contribution in [3.05, 3.63) is 36.0 Å². The Morgan fingerprint density at radius 3 is 2.88 bits per heavy atom. The van der Waals surface area contributed by atoms with Crippen LogP contribution in [-0.4, -0.2) is 16.5 Å². The minimum atomic E-state index is -0.370. The van der Waals surface area contributed by atoms with E-state index in [4.69, 9.17) is 0 Å². The number of hydrogen-bond acceptors (Lipinski definition) is 1. The van der Waals surface area contributed by atoms with Gasteiger partial charge in [0, 0.05) is 5.33 Å². The van der Waals surface area contributed by atoms with E-state index in [0.29, 0.717) is 11.2 Å². The van der Waals surface area contributed by atoms with Crippen molar-refractivity contribution in [3.8, 4) is 0 Å². The molecule has 0 aromatic rings. The van der Waals surface area contributed by atoms with E-state index >= 15 is 0 Å². The third-order valence-corrected chi connectivity index (χ3v) is 4.28. The first kappa shape index (κ1) is 14.7. The predicted octanol–water partition coefficient (Wildman–Crippen LogP) is 4.24. The Kier molecular flexibility index (Phi) is 5.21. The van der Waals surface area contributed by atoms with Crippen LogP contribution in [0, 0.1) is 11.3 Å². The lowest BCUT2D eigenvalue weighted by molar-refractivity contribution is 0.235.